The standard InChI is InChI=1S/C24H19ClF2N2O/c25-21-13-19(10-11-22(21)27)28-24(30)12-7-17-15-29(23-4-2-1-3-20(17)23)14-16-5-8-18(26)9-6-16/h1-6,8-11,13,15H,7,12,14H2,(H,28,30). The number of nitrogens with one attached hydrogen (secondary N) is 1. The highest BCUT2D eigenvalue weighted by molar-refractivity contribution is 6.31. The van der Waals surface area contributed by atoms with Crippen LogP contribution in [-0.2, 0) is 17.8 Å². The molecule has 0 bridgehead atoms. The lowest BCUT2D eigenvalue weighted by Crippen LogP contribution is -2.12. The molecule has 0 spiro atoms. The van der Waals surface area contributed by atoms with Gasteiger partial charge in [-0.25, -0.2) is 8.78 Å². The lowest BCUT2D eigenvalue weighted by Gasteiger charge is -2.06. The molecule has 0 saturated heterocycles. The number of para-hydroxylation sites is 1. The van der Waals surface area contributed by atoms with Crippen molar-refractivity contribution in [2.75, 3.05) is 5.32 Å². The Balaban J connectivity index is 1.49. The van der Waals surface area contributed by atoms with Gasteiger partial charge in [0.15, 0.2) is 0 Å². The third-order valence-corrected chi connectivity index (χ3v) is 5.25. The van der Waals surface area contributed by atoms with Gasteiger partial charge in [-0.15, -0.1) is 0 Å². The van der Waals surface area contributed by atoms with Gasteiger partial charge in [-0.1, -0.05) is 41.9 Å². The molecule has 6 heteroatoms. The molecule has 0 aliphatic carbocycles. The Hall–Kier alpha value is -3.18. The number of aromatic nitrogens is 1. The van der Waals surface area contributed by atoms with Crippen LogP contribution in [-0.4, -0.2) is 10.5 Å². The van der Waals surface area contributed by atoms with Gasteiger partial charge in [0.1, 0.15) is 11.6 Å². The number of rotatable bonds is 6. The Labute approximate surface area is 177 Å². The molecule has 0 atom stereocenters. The average molecular weight is 425 g/mol. The van der Waals surface area contributed by atoms with Crippen LogP contribution < -0.4 is 5.32 Å². The minimum absolute atomic E-state index is 0.0309. The molecule has 0 radical (unpaired) electrons. The number of hydrogen-bond acceptors (Lipinski definition) is 1. The number of amides is 1. The molecule has 1 heterocycles. The zero-order valence-corrected chi connectivity index (χ0v) is 16.8. The van der Waals surface area contributed by atoms with Crippen molar-refractivity contribution in [3.63, 3.8) is 0 Å². The average Bonchev–Trinajstić information content (AvgIpc) is 3.09. The maximum atomic E-state index is 13.3. The van der Waals surface area contributed by atoms with E-state index in [0.29, 0.717) is 18.7 Å². The van der Waals surface area contributed by atoms with E-state index in [4.69, 9.17) is 11.6 Å². The van der Waals surface area contributed by atoms with Crippen LogP contribution in [0.3, 0.4) is 0 Å². The summed E-state index contributed by atoms with van der Waals surface area (Å²) in [6.45, 7) is 0.612. The van der Waals surface area contributed by atoms with Crippen molar-refractivity contribution in [1.29, 1.82) is 0 Å². The first-order valence-corrected chi connectivity index (χ1v) is 9.93. The van der Waals surface area contributed by atoms with E-state index >= 15 is 0 Å². The molecule has 4 rings (SSSR count). The molecule has 0 fully saturated rings. The van der Waals surface area contributed by atoms with E-state index in [9.17, 15) is 13.6 Å². The summed E-state index contributed by atoms with van der Waals surface area (Å²) >= 11 is 5.76. The lowest BCUT2D eigenvalue weighted by molar-refractivity contribution is -0.116. The Morgan fingerprint density at radius 2 is 1.77 bits per heavy atom. The zero-order chi connectivity index (χ0) is 21.1. The van der Waals surface area contributed by atoms with E-state index in [0.717, 1.165) is 22.0 Å². The summed E-state index contributed by atoms with van der Waals surface area (Å²) in [5, 5.41) is 3.80. The number of aryl methyl sites for hydroxylation is 1. The molecular formula is C24H19ClF2N2O. The summed E-state index contributed by atoms with van der Waals surface area (Å²) in [7, 11) is 0. The maximum absolute atomic E-state index is 13.3. The lowest BCUT2D eigenvalue weighted by atomic mass is 10.1. The van der Waals surface area contributed by atoms with Gasteiger partial charge in [0.05, 0.1) is 5.02 Å². The molecule has 30 heavy (non-hydrogen) atoms. The minimum Gasteiger partial charge on any atom is -0.343 e. The van der Waals surface area contributed by atoms with Crippen LogP contribution in [0.4, 0.5) is 14.5 Å². The van der Waals surface area contributed by atoms with Gasteiger partial charge in [-0.05, 0) is 53.9 Å². The Morgan fingerprint density at radius 1 is 1.00 bits per heavy atom. The SMILES string of the molecule is O=C(CCc1cn(Cc2ccc(F)cc2)c2ccccc12)Nc1ccc(F)c(Cl)c1. The molecule has 3 aromatic carbocycles. The van der Waals surface area contributed by atoms with Crippen molar-refractivity contribution < 1.29 is 13.6 Å². The first-order valence-electron chi connectivity index (χ1n) is 9.56. The summed E-state index contributed by atoms with van der Waals surface area (Å²) < 4.78 is 28.6. The summed E-state index contributed by atoms with van der Waals surface area (Å²) in [6.07, 6.45) is 2.87. The molecule has 0 saturated carbocycles. The fraction of sp³-hybridized carbons (Fsp3) is 0.125. The number of fused-ring (bicyclic) bond motifs is 1. The number of anilines is 1. The molecule has 1 aromatic heterocycles. The number of hydrogen-bond donors (Lipinski definition) is 1. The molecule has 4 aromatic rings. The highest BCUT2D eigenvalue weighted by Crippen LogP contribution is 2.24. The van der Waals surface area contributed by atoms with Crippen molar-refractivity contribution in [2.24, 2.45) is 0 Å². The van der Waals surface area contributed by atoms with E-state index in [1.807, 2.05) is 30.5 Å². The van der Waals surface area contributed by atoms with Crippen LogP contribution in [0.1, 0.15) is 17.5 Å². The highest BCUT2D eigenvalue weighted by atomic mass is 35.5. The highest BCUT2D eigenvalue weighted by Gasteiger charge is 2.11. The van der Waals surface area contributed by atoms with E-state index in [1.165, 1.54) is 30.3 Å². The first kappa shape index (κ1) is 20.1. The third kappa shape index (κ3) is 4.52. The second-order valence-corrected chi connectivity index (χ2v) is 7.51. The van der Waals surface area contributed by atoms with Crippen molar-refractivity contribution in [2.45, 2.75) is 19.4 Å². The number of carbonyl (C=O) groups excluding carboxylic acids is 1. The summed E-state index contributed by atoms with van der Waals surface area (Å²) in [6, 6.07) is 18.5. The van der Waals surface area contributed by atoms with Crippen LogP contribution in [0.15, 0.2) is 72.9 Å². The largest absolute Gasteiger partial charge is 0.343 e. The van der Waals surface area contributed by atoms with Gasteiger partial charge in [0.25, 0.3) is 0 Å². The van der Waals surface area contributed by atoms with Crippen molar-refractivity contribution in [3.8, 4) is 0 Å². The second-order valence-electron chi connectivity index (χ2n) is 7.10. The van der Waals surface area contributed by atoms with Gasteiger partial charge in [-0.3, -0.25) is 4.79 Å². The Kier molecular flexibility index (Phi) is 5.81. The number of benzene rings is 3. The van der Waals surface area contributed by atoms with Gasteiger partial charge in [0, 0.05) is 35.8 Å². The van der Waals surface area contributed by atoms with Gasteiger partial charge >= 0.3 is 0 Å². The topological polar surface area (TPSA) is 34.0 Å². The summed E-state index contributed by atoms with van der Waals surface area (Å²) in [5.41, 5.74) is 3.57. The van der Waals surface area contributed by atoms with E-state index in [1.54, 1.807) is 12.1 Å². The predicted molar refractivity (Wildman–Crippen MR) is 116 cm³/mol. The molecule has 0 aliphatic rings. The quantitative estimate of drug-likeness (QED) is 0.393. The van der Waals surface area contributed by atoms with E-state index in [-0.39, 0.29) is 23.2 Å². The van der Waals surface area contributed by atoms with E-state index < -0.39 is 5.82 Å². The maximum Gasteiger partial charge on any atom is 0.224 e. The molecule has 3 nitrogen and oxygen atoms in total. The van der Waals surface area contributed by atoms with E-state index in [2.05, 4.69) is 9.88 Å². The second kappa shape index (κ2) is 8.67. The van der Waals surface area contributed by atoms with Gasteiger partial charge in [-0.2, -0.15) is 0 Å². The fourth-order valence-electron chi connectivity index (χ4n) is 3.48. The Bertz CT molecular complexity index is 1200. The van der Waals surface area contributed by atoms with Crippen molar-refractivity contribution in [3.05, 3.63) is 101 Å². The van der Waals surface area contributed by atoms with Crippen LogP contribution >= 0.6 is 11.6 Å². The van der Waals surface area contributed by atoms with Crippen molar-refractivity contribution >= 4 is 34.1 Å². The van der Waals surface area contributed by atoms with Crippen LogP contribution in [0.5, 0.6) is 0 Å². The van der Waals surface area contributed by atoms with Gasteiger partial charge in [0.2, 0.25) is 5.91 Å². The van der Waals surface area contributed by atoms with Crippen LogP contribution in [0.2, 0.25) is 5.02 Å². The molecule has 1 amide bonds. The fourth-order valence-corrected chi connectivity index (χ4v) is 3.67. The van der Waals surface area contributed by atoms with Crippen molar-refractivity contribution in [1.82, 2.24) is 4.57 Å². The number of carbonyl (C=O) groups is 1. The molecular weight excluding hydrogens is 406 g/mol. The first-order chi connectivity index (χ1) is 14.5. The third-order valence-electron chi connectivity index (χ3n) is 4.96. The molecule has 1 N–H and O–H groups in total. The normalized spacial score (nSPS) is 11.0. The summed E-state index contributed by atoms with van der Waals surface area (Å²) in [4.78, 5) is 12.4. The van der Waals surface area contributed by atoms with Crippen LogP contribution in [0, 0.1) is 11.6 Å². The smallest absolute Gasteiger partial charge is 0.224 e. The molecule has 0 aliphatic heterocycles. The number of nitrogens with zero attached hydrogens (tertiary/aromatic N) is 1. The number of halogens is 3. The molecule has 0 unspecified atom stereocenters. The Morgan fingerprint density at radius 3 is 2.53 bits per heavy atom. The monoisotopic (exact) mass is 424 g/mol. The zero-order valence-electron chi connectivity index (χ0n) is 16.0. The summed E-state index contributed by atoms with van der Waals surface area (Å²) in [5.74, 6) is -0.957. The van der Waals surface area contributed by atoms with Crippen LogP contribution in [0.25, 0.3) is 10.9 Å². The predicted octanol–water partition coefficient (Wildman–Crippen LogP) is 6.19. The minimum atomic E-state index is -0.524. The van der Waals surface area contributed by atoms with Gasteiger partial charge < -0.3 is 9.88 Å². The molecule has 152 valence electrons.